The van der Waals surface area contributed by atoms with Crippen LogP contribution in [0.25, 0.3) is 16.6 Å². The molecule has 1 heterocycles. The molecule has 0 atom stereocenters. The molecule has 0 aliphatic rings. The van der Waals surface area contributed by atoms with Crippen molar-refractivity contribution in [3.05, 3.63) is 89.0 Å². The van der Waals surface area contributed by atoms with Crippen LogP contribution in [0.2, 0.25) is 0 Å². The fourth-order valence-electron chi connectivity index (χ4n) is 3.63. The fourth-order valence-corrected chi connectivity index (χ4v) is 4.51. The van der Waals surface area contributed by atoms with E-state index in [0.29, 0.717) is 33.2 Å². The maximum absolute atomic E-state index is 13.5. The zero-order chi connectivity index (χ0) is 24.8. The van der Waals surface area contributed by atoms with Crippen molar-refractivity contribution in [1.82, 2.24) is 9.55 Å². The van der Waals surface area contributed by atoms with Crippen LogP contribution in [-0.4, -0.2) is 34.9 Å². The first-order valence-electron chi connectivity index (χ1n) is 10.7. The van der Waals surface area contributed by atoms with Gasteiger partial charge in [-0.25, -0.2) is 9.37 Å². The highest BCUT2D eigenvalue weighted by Gasteiger charge is 2.21. The molecule has 0 aliphatic heterocycles. The van der Waals surface area contributed by atoms with Gasteiger partial charge in [0.2, 0.25) is 5.91 Å². The summed E-state index contributed by atoms with van der Waals surface area (Å²) in [6.45, 7) is 0.187. The minimum absolute atomic E-state index is 0.0462. The highest BCUT2D eigenvalue weighted by molar-refractivity contribution is 7.99. The van der Waals surface area contributed by atoms with Crippen molar-refractivity contribution in [3.8, 4) is 17.5 Å². The van der Waals surface area contributed by atoms with E-state index in [2.05, 4.69) is 11.1 Å². The van der Waals surface area contributed by atoms with Crippen molar-refractivity contribution in [2.24, 2.45) is 0 Å². The summed E-state index contributed by atoms with van der Waals surface area (Å²) < 4.78 is 20.3. The number of fused-ring (bicyclic) bond motifs is 1. The normalized spacial score (nSPS) is 10.7. The third-order valence-corrected chi connectivity index (χ3v) is 6.20. The number of hydrogen-bond donors (Lipinski definition) is 0. The smallest absolute Gasteiger partial charge is 0.266 e. The van der Waals surface area contributed by atoms with Gasteiger partial charge in [0, 0.05) is 6.54 Å². The lowest BCUT2D eigenvalue weighted by Gasteiger charge is -2.24. The van der Waals surface area contributed by atoms with Gasteiger partial charge in [0.25, 0.3) is 5.56 Å². The molecule has 4 aromatic rings. The van der Waals surface area contributed by atoms with Gasteiger partial charge in [-0.15, -0.1) is 0 Å². The van der Waals surface area contributed by atoms with Gasteiger partial charge in [0.15, 0.2) is 5.16 Å². The molecular formula is C26H21FN4O3S. The first-order valence-corrected chi connectivity index (χ1v) is 11.7. The van der Waals surface area contributed by atoms with Crippen LogP contribution >= 0.6 is 11.8 Å². The van der Waals surface area contributed by atoms with E-state index in [1.807, 2.05) is 0 Å². The summed E-state index contributed by atoms with van der Waals surface area (Å²) in [5.41, 5.74) is 1.18. The molecule has 0 fully saturated rings. The predicted molar refractivity (Wildman–Crippen MR) is 134 cm³/mol. The molecule has 0 N–H and O–H groups in total. The molecule has 35 heavy (non-hydrogen) atoms. The van der Waals surface area contributed by atoms with Gasteiger partial charge in [-0.1, -0.05) is 36.0 Å². The number of ether oxygens (including phenoxy) is 1. The molecule has 0 saturated carbocycles. The second-order valence-corrected chi connectivity index (χ2v) is 8.39. The number of nitriles is 1. The van der Waals surface area contributed by atoms with Crippen LogP contribution in [0.5, 0.6) is 5.75 Å². The average molecular weight is 489 g/mol. The lowest BCUT2D eigenvalue weighted by atomic mass is 10.2. The second-order valence-electron chi connectivity index (χ2n) is 7.44. The summed E-state index contributed by atoms with van der Waals surface area (Å²) in [6, 6.07) is 21.6. The minimum Gasteiger partial charge on any atom is -0.495 e. The van der Waals surface area contributed by atoms with Gasteiger partial charge >= 0.3 is 0 Å². The standard InChI is InChI=1S/C26H21FN4O3S/c1-34-23-10-5-4-9-22(23)30(16-6-15-28)24(32)17-35-26-29-21-8-3-2-7-20(21)25(33)31(26)19-13-11-18(27)12-14-19/h2-5,7-14H,6,16-17H2,1H3. The molecule has 0 aliphatic carbocycles. The van der Waals surface area contributed by atoms with E-state index in [1.54, 1.807) is 48.5 Å². The van der Waals surface area contributed by atoms with Crippen molar-refractivity contribution >= 4 is 34.3 Å². The Labute approximate surface area is 205 Å². The Kier molecular flexibility index (Phi) is 7.43. The molecule has 1 amide bonds. The van der Waals surface area contributed by atoms with E-state index >= 15 is 0 Å². The SMILES string of the molecule is COc1ccccc1N(CCC#N)C(=O)CSc1nc2ccccc2c(=O)n1-c1ccc(F)cc1. The summed E-state index contributed by atoms with van der Waals surface area (Å²) in [7, 11) is 1.51. The van der Waals surface area contributed by atoms with Gasteiger partial charge in [0.1, 0.15) is 11.6 Å². The Morgan fingerprint density at radius 2 is 1.83 bits per heavy atom. The number of amides is 1. The average Bonchev–Trinajstić information content (AvgIpc) is 2.89. The van der Waals surface area contributed by atoms with E-state index in [1.165, 1.54) is 40.8 Å². The van der Waals surface area contributed by atoms with Gasteiger partial charge < -0.3 is 9.64 Å². The first-order chi connectivity index (χ1) is 17.0. The molecule has 0 unspecified atom stereocenters. The summed E-state index contributed by atoms with van der Waals surface area (Å²) in [5, 5.41) is 9.81. The highest BCUT2D eigenvalue weighted by atomic mass is 32.2. The molecule has 7 nitrogen and oxygen atoms in total. The number of carbonyl (C=O) groups is 1. The van der Waals surface area contributed by atoms with Gasteiger partial charge in [-0.05, 0) is 48.5 Å². The van der Waals surface area contributed by atoms with Crippen LogP contribution in [0.4, 0.5) is 10.1 Å². The molecule has 0 saturated heterocycles. The number of thioether (sulfide) groups is 1. The monoisotopic (exact) mass is 488 g/mol. The minimum atomic E-state index is -0.426. The van der Waals surface area contributed by atoms with Crippen LogP contribution in [0.3, 0.4) is 0 Å². The molecule has 3 aromatic carbocycles. The Morgan fingerprint density at radius 3 is 2.57 bits per heavy atom. The third-order valence-electron chi connectivity index (χ3n) is 5.28. The van der Waals surface area contributed by atoms with Gasteiger partial charge in [-0.3, -0.25) is 14.2 Å². The Hall–Kier alpha value is -4.16. The number of rotatable bonds is 8. The van der Waals surface area contributed by atoms with E-state index < -0.39 is 5.82 Å². The summed E-state index contributed by atoms with van der Waals surface area (Å²) in [6.07, 6.45) is 0.142. The topological polar surface area (TPSA) is 88.2 Å². The zero-order valence-corrected chi connectivity index (χ0v) is 19.7. The van der Waals surface area contributed by atoms with E-state index in [-0.39, 0.29) is 30.2 Å². The fraction of sp³-hybridized carbons (Fsp3) is 0.154. The van der Waals surface area contributed by atoms with Crippen molar-refractivity contribution in [3.63, 3.8) is 0 Å². The van der Waals surface area contributed by atoms with Crippen LogP contribution in [0, 0.1) is 17.1 Å². The van der Waals surface area contributed by atoms with Crippen LogP contribution < -0.4 is 15.2 Å². The number of hydrogen-bond acceptors (Lipinski definition) is 6. The molecule has 0 spiro atoms. The molecule has 176 valence electrons. The van der Waals surface area contributed by atoms with E-state index in [0.717, 1.165) is 11.8 Å². The van der Waals surface area contributed by atoms with Crippen LogP contribution in [0.1, 0.15) is 6.42 Å². The zero-order valence-electron chi connectivity index (χ0n) is 18.8. The number of para-hydroxylation sites is 3. The quantitative estimate of drug-likeness (QED) is 0.267. The summed E-state index contributed by atoms with van der Waals surface area (Å²) in [5.74, 6) is -0.237. The maximum atomic E-state index is 13.5. The number of aromatic nitrogens is 2. The molecule has 0 radical (unpaired) electrons. The molecular weight excluding hydrogens is 467 g/mol. The Morgan fingerprint density at radius 1 is 1.11 bits per heavy atom. The summed E-state index contributed by atoms with van der Waals surface area (Å²) in [4.78, 5) is 32.8. The van der Waals surface area contributed by atoms with Crippen molar-refractivity contribution in [2.45, 2.75) is 11.6 Å². The Bertz CT molecular complexity index is 1460. The molecule has 1 aromatic heterocycles. The number of benzene rings is 3. The molecule has 4 rings (SSSR count). The van der Waals surface area contributed by atoms with Crippen LogP contribution in [-0.2, 0) is 4.79 Å². The van der Waals surface area contributed by atoms with Crippen molar-refractivity contribution < 1.29 is 13.9 Å². The van der Waals surface area contributed by atoms with Crippen molar-refractivity contribution in [2.75, 3.05) is 24.3 Å². The first kappa shape index (κ1) is 24.0. The molecule has 0 bridgehead atoms. The predicted octanol–water partition coefficient (Wildman–Crippen LogP) is 4.57. The third kappa shape index (κ3) is 5.18. The largest absolute Gasteiger partial charge is 0.495 e. The van der Waals surface area contributed by atoms with E-state index in [9.17, 15) is 14.0 Å². The van der Waals surface area contributed by atoms with Gasteiger partial charge in [0.05, 0.1) is 47.6 Å². The second kappa shape index (κ2) is 10.8. The summed E-state index contributed by atoms with van der Waals surface area (Å²) >= 11 is 1.10. The number of methoxy groups -OCH3 is 1. The van der Waals surface area contributed by atoms with E-state index in [4.69, 9.17) is 10.00 Å². The highest BCUT2D eigenvalue weighted by Crippen LogP contribution is 2.29. The number of anilines is 1. The number of nitrogens with zero attached hydrogens (tertiary/aromatic N) is 4. The lowest BCUT2D eigenvalue weighted by molar-refractivity contribution is -0.116. The molecule has 9 heteroatoms. The number of carbonyl (C=O) groups excluding carboxylic acids is 1. The lowest BCUT2D eigenvalue weighted by Crippen LogP contribution is -2.34. The Balaban J connectivity index is 1.71. The van der Waals surface area contributed by atoms with Crippen LogP contribution in [0.15, 0.2) is 82.7 Å². The maximum Gasteiger partial charge on any atom is 0.266 e. The number of halogens is 1. The van der Waals surface area contributed by atoms with Crippen molar-refractivity contribution in [1.29, 1.82) is 5.26 Å². The van der Waals surface area contributed by atoms with Gasteiger partial charge in [-0.2, -0.15) is 5.26 Å².